The number of halogens is 1. The van der Waals surface area contributed by atoms with E-state index in [1.54, 1.807) is 0 Å². The smallest absolute Gasteiger partial charge is 0.120 e. The van der Waals surface area contributed by atoms with E-state index in [2.05, 4.69) is 26.1 Å². The molecule has 2 unspecified atom stereocenters. The first-order valence-corrected chi connectivity index (χ1v) is 7.98. The minimum absolute atomic E-state index is 0.675. The molecular formula is C15H21BrN2O. The number of rotatable bonds is 5. The minimum Gasteiger partial charge on any atom is -0.492 e. The van der Waals surface area contributed by atoms with E-state index in [0.29, 0.717) is 6.04 Å². The first kappa shape index (κ1) is 13.4. The molecule has 0 aromatic heterocycles. The van der Waals surface area contributed by atoms with E-state index in [0.717, 1.165) is 29.4 Å². The van der Waals surface area contributed by atoms with Crippen molar-refractivity contribution < 1.29 is 4.74 Å². The lowest BCUT2D eigenvalue weighted by atomic mass is 10.1. The molecule has 0 aliphatic carbocycles. The predicted molar refractivity (Wildman–Crippen MR) is 80.6 cm³/mol. The zero-order chi connectivity index (χ0) is 13.1. The Morgan fingerprint density at radius 1 is 1.32 bits per heavy atom. The highest BCUT2D eigenvalue weighted by molar-refractivity contribution is 9.10. The van der Waals surface area contributed by atoms with Crippen LogP contribution >= 0.6 is 15.9 Å². The molecular weight excluding hydrogens is 304 g/mol. The Morgan fingerprint density at radius 2 is 2.26 bits per heavy atom. The van der Waals surface area contributed by atoms with Gasteiger partial charge in [-0.15, -0.1) is 0 Å². The number of nitrogens with one attached hydrogen (secondary N) is 1. The summed E-state index contributed by atoms with van der Waals surface area (Å²) in [6.45, 7) is 4.24. The fraction of sp³-hybridized carbons (Fsp3) is 0.600. The SMILES string of the molecule is Brc1cccc(OCCNC2CCN3CCCC23)c1. The van der Waals surface area contributed by atoms with E-state index in [4.69, 9.17) is 4.74 Å². The van der Waals surface area contributed by atoms with E-state index in [1.165, 1.54) is 32.4 Å². The van der Waals surface area contributed by atoms with Crippen molar-refractivity contribution in [2.45, 2.75) is 31.3 Å². The molecule has 3 nitrogen and oxygen atoms in total. The van der Waals surface area contributed by atoms with Crippen LogP contribution < -0.4 is 10.1 Å². The first-order chi connectivity index (χ1) is 9.33. The van der Waals surface area contributed by atoms with Gasteiger partial charge in [0, 0.05) is 29.6 Å². The van der Waals surface area contributed by atoms with Crippen LogP contribution in [-0.4, -0.2) is 43.2 Å². The van der Waals surface area contributed by atoms with Crippen molar-refractivity contribution in [2.24, 2.45) is 0 Å². The summed E-state index contributed by atoms with van der Waals surface area (Å²) >= 11 is 3.45. The van der Waals surface area contributed by atoms with Crippen LogP contribution in [0, 0.1) is 0 Å². The topological polar surface area (TPSA) is 24.5 Å². The maximum atomic E-state index is 5.75. The molecule has 2 atom stereocenters. The Morgan fingerprint density at radius 3 is 3.16 bits per heavy atom. The molecule has 4 heteroatoms. The second kappa shape index (κ2) is 6.25. The number of ether oxygens (including phenoxy) is 1. The molecule has 2 fully saturated rings. The highest BCUT2D eigenvalue weighted by Gasteiger charge is 2.36. The summed E-state index contributed by atoms with van der Waals surface area (Å²) in [5.74, 6) is 0.935. The van der Waals surface area contributed by atoms with Gasteiger partial charge in [0.15, 0.2) is 0 Å². The molecule has 2 heterocycles. The summed E-state index contributed by atoms with van der Waals surface area (Å²) in [5.41, 5.74) is 0. The monoisotopic (exact) mass is 324 g/mol. The van der Waals surface area contributed by atoms with Gasteiger partial charge in [-0.3, -0.25) is 4.90 Å². The van der Waals surface area contributed by atoms with E-state index in [1.807, 2.05) is 24.3 Å². The van der Waals surface area contributed by atoms with Crippen LogP contribution in [0.15, 0.2) is 28.7 Å². The molecule has 1 aromatic rings. The lowest BCUT2D eigenvalue weighted by Crippen LogP contribution is -2.40. The van der Waals surface area contributed by atoms with Gasteiger partial charge < -0.3 is 10.1 Å². The molecule has 2 aliphatic rings. The van der Waals surface area contributed by atoms with Crippen molar-refractivity contribution in [2.75, 3.05) is 26.2 Å². The molecule has 0 saturated carbocycles. The lowest BCUT2D eigenvalue weighted by molar-refractivity contribution is 0.276. The fourth-order valence-corrected chi connectivity index (χ4v) is 3.67. The molecule has 0 radical (unpaired) electrons. The minimum atomic E-state index is 0.675. The number of nitrogens with zero attached hydrogens (tertiary/aromatic N) is 1. The third-order valence-electron chi connectivity index (χ3n) is 4.18. The second-order valence-electron chi connectivity index (χ2n) is 5.40. The summed E-state index contributed by atoms with van der Waals surface area (Å²) < 4.78 is 6.82. The standard InChI is InChI=1S/C15H21BrN2O/c16-12-3-1-4-13(11-12)19-10-7-17-14-6-9-18-8-2-5-15(14)18/h1,3-4,11,14-15,17H,2,5-10H2. The Balaban J connectivity index is 1.39. The number of benzene rings is 1. The zero-order valence-corrected chi connectivity index (χ0v) is 12.7. The van der Waals surface area contributed by atoms with Crippen LogP contribution in [0.2, 0.25) is 0 Å². The largest absolute Gasteiger partial charge is 0.492 e. The molecule has 19 heavy (non-hydrogen) atoms. The molecule has 1 N–H and O–H groups in total. The van der Waals surface area contributed by atoms with E-state index in [-0.39, 0.29) is 0 Å². The molecule has 1 aromatic carbocycles. The van der Waals surface area contributed by atoms with Crippen LogP contribution in [0.1, 0.15) is 19.3 Å². The van der Waals surface area contributed by atoms with Crippen molar-refractivity contribution in [1.82, 2.24) is 10.2 Å². The molecule has 0 bridgehead atoms. The van der Waals surface area contributed by atoms with Gasteiger partial charge in [0.05, 0.1) is 0 Å². The third kappa shape index (κ3) is 3.30. The van der Waals surface area contributed by atoms with Crippen molar-refractivity contribution >= 4 is 15.9 Å². The molecule has 3 rings (SSSR count). The van der Waals surface area contributed by atoms with Crippen LogP contribution in [-0.2, 0) is 0 Å². The Kier molecular flexibility index (Phi) is 4.41. The molecule has 0 spiro atoms. The fourth-order valence-electron chi connectivity index (χ4n) is 3.29. The van der Waals surface area contributed by atoms with Crippen molar-refractivity contribution in [3.05, 3.63) is 28.7 Å². The Hall–Kier alpha value is -0.580. The van der Waals surface area contributed by atoms with Gasteiger partial charge in [0.2, 0.25) is 0 Å². The third-order valence-corrected chi connectivity index (χ3v) is 4.67. The summed E-state index contributed by atoms with van der Waals surface area (Å²) in [6.07, 6.45) is 4.03. The molecule has 2 saturated heterocycles. The normalized spacial score (nSPS) is 26.6. The average molecular weight is 325 g/mol. The van der Waals surface area contributed by atoms with Gasteiger partial charge in [-0.1, -0.05) is 22.0 Å². The first-order valence-electron chi connectivity index (χ1n) is 7.19. The van der Waals surface area contributed by atoms with Crippen LogP contribution in [0.4, 0.5) is 0 Å². The Bertz CT molecular complexity index is 426. The van der Waals surface area contributed by atoms with E-state index < -0.39 is 0 Å². The van der Waals surface area contributed by atoms with Gasteiger partial charge in [-0.25, -0.2) is 0 Å². The second-order valence-corrected chi connectivity index (χ2v) is 6.32. The maximum Gasteiger partial charge on any atom is 0.120 e. The van der Waals surface area contributed by atoms with E-state index in [9.17, 15) is 0 Å². The quantitative estimate of drug-likeness (QED) is 0.843. The average Bonchev–Trinajstić information content (AvgIpc) is 2.98. The lowest BCUT2D eigenvalue weighted by Gasteiger charge is -2.21. The van der Waals surface area contributed by atoms with Crippen molar-refractivity contribution in [3.8, 4) is 5.75 Å². The molecule has 104 valence electrons. The van der Waals surface area contributed by atoms with Gasteiger partial charge in [-0.2, -0.15) is 0 Å². The van der Waals surface area contributed by atoms with Crippen LogP contribution in [0.3, 0.4) is 0 Å². The number of hydrogen-bond acceptors (Lipinski definition) is 3. The summed E-state index contributed by atoms with van der Waals surface area (Å²) in [5, 5.41) is 3.66. The van der Waals surface area contributed by atoms with Crippen molar-refractivity contribution in [1.29, 1.82) is 0 Å². The zero-order valence-electron chi connectivity index (χ0n) is 11.1. The summed E-state index contributed by atoms with van der Waals surface area (Å²) in [4.78, 5) is 2.63. The van der Waals surface area contributed by atoms with Crippen LogP contribution in [0.5, 0.6) is 5.75 Å². The summed E-state index contributed by atoms with van der Waals surface area (Å²) in [7, 11) is 0. The van der Waals surface area contributed by atoms with Crippen LogP contribution in [0.25, 0.3) is 0 Å². The van der Waals surface area contributed by atoms with Gasteiger partial charge >= 0.3 is 0 Å². The molecule has 2 aliphatic heterocycles. The highest BCUT2D eigenvalue weighted by atomic mass is 79.9. The predicted octanol–water partition coefficient (Wildman–Crippen LogP) is 2.65. The maximum absolute atomic E-state index is 5.75. The van der Waals surface area contributed by atoms with E-state index >= 15 is 0 Å². The highest BCUT2D eigenvalue weighted by Crippen LogP contribution is 2.27. The number of fused-ring (bicyclic) bond motifs is 1. The van der Waals surface area contributed by atoms with Gasteiger partial charge in [0.25, 0.3) is 0 Å². The molecule has 0 amide bonds. The number of hydrogen-bond donors (Lipinski definition) is 1. The summed E-state index contributed by atoms with van der Waals surface area (Å²) in [6, 6.07) is 9.48. The Labute approximate surface area is 123 Å². The van der Waals surface area contributed by atoms with Gasteiger partial charge in [-0.05, 0) is 44.0 Å². The van der Waals surface area contributed by atoms with Crippen molar-refractivity contribution in [3.63, 3.8) is 0 Å². The van der Waals surface area contributed by atoms with Gasteiger partial charge in [0.1, 0.15) is 12.4 Å².